The van der Waals surface area contributed by atoms with Crippen LogP contribution in [-0.4, -0.2) is 25.0 Å². The Morgan fingerprint density at radius 2 is 2.00 bits per heavy atom. The largest absolute Gasteiger partial charge is 0.337 e. The molecule has 3 amide bonds. The van der Waals surface area contributed by atoms with E-state index in [0.29, 0.717) is 12.1 Å². The second-order valence-electron chi connectivity index (χ2n) is 6.44. The van der Waals surface area contributed by atoms with Gasteiger partial charge in [0.15, 0.2) is 11.6 Å². The Morgan fingerprint density at radius 1 is 1.19 bits per heavy atom. The molecule has 1 atom stereocenters. The summed E-state index contributed by atoms with van der Waals surface area (Å²) in [6.45, 7) is 2.10. The molecule has 0 heterocycles. The lowest BCUT2D eigenvalue weighted by molar-refractivity contribution is -0.119. The molecule has 0 saturated heterocycles. The molecule has 2 rings (SSSR count). The number of carbonyl (C=O) groups excluding carboxylic acids is 2. The fourth-order valence-electron chi connectivity index (χ4n) is 2.83. The average molecular weight is 365 g/mol. The fourth-order valence-corrected chi connectivity index (χ4v) is 2.83. The van der Waals surface area contributed by atoms with Gasteiger partial charge in [0.25, 0.3) is 0 Å². The number of halogens is 2. The van der Waals surface area contributed by atoms with E-state index in [9.17, 15) is 18.4 Å². The normalized spacial score (nSPS) is 15.1. The lowest BCUT2D eigenvalue weighted by Gasteiger charge is -2.15. The van der Waals surface area contributed by atoms with Crippen molar-refractivity contribution in [2.24, 2.45) is 0 Å². The third kappa shape index (κ3) is 6.55. The molecular formula is C19H25F2N3O2. The maximum atomic E-state index is 13.2. The van der Waals surface area contributed by atoms with Crippen LogP contribution in [0.3, 0.4) is 0 Å². The van der Waals surface area contributed by atoms with E-state index in [1.165, 1.54) is 24.5 Å². The van der Waals surface area contributed by atoms with Gasteiger partial charge in [0, 0.05) is 12.6 Å². The number of rotatable bonds is 7. The smallest absolute Gasteiger partial charge is 0.321 e. The van der Waals surface area contributed by atoms with Gasteiger partial charge in [0.1, 0.15) is 0 Å². The van der Waals surface area contributed by atoms with Crippen molar-refractivity contribution >= 4 is 11.9 Å². The Morgan fingerprint density at radius 3 is 2.69 bits per heavy atom. The van der Waals surface area contributed by atoms with Gasteiger partial charge in [-0.25, -0.2) is 13.6 Å². The van der Waals surface area contributed by atoms with Crippen molar-refractivity contribution in [2.45, 2.75) is 45.1 Å². The van der Waals surface area contributed by atoms with Crippen LogP contribution in [-0.2, 0) is 4.79 Å². The van der Waals surface area contributed by atoms with Crippen molar-refractivity contribution < 1.29 is 18.4 Å². The van der Waals surface area contributed by atoms with Crippen molar-refractivity contribution in [1.82, 2.24) is 16.0 Å². The molecule has 0 aliphatic heterocycles. The van der Waals surface area contributed by atoms with Crippen molar-refractivity contribution in [2.75, 3.05) is 13.1 Å². The summed E-state index contributed by atoms with van der Waals surface area (Å²) in [6, 6.07) is 2.67. The highest BCUT2D eigenvalue weighted by Crippen LogP contribution is 2.19. The molecule has 0 spiro atoms. The third-order valence-corrected chi connectivity index (χ3v) is 4.38. The van der Waals surface area contributed by atoms with Crippen LogP contribution < -0.4 is 16.0 Å². The van der Waals surface area contributed by atoms with Gasteiger partial charge < -0.3 is 10.6 Å². The number of imide groups is 1. The van der Waals surface area contributed by atoms with E-state index in [1.807, 2.05) is 0 Å². The van der Waals surface area contributed by atoms with Gasteiger partial charge in [-0.05, 0) is 56.7 Å². The number of urea groups is 1. The molecule has 0 bridgehead atoms. The Labute approximate surface area is 152 Å². The van der Waals surface area contributed by atoms with Gasteiger partial charge in [-0.3, -0.25) is 10.1 Å². The summed E-state index contributed by atoms with van der Waals surface area (Å²) in [4.78, 5) is 23.5. The van der Waals surface area contributed by atoms with Gasteiger partial charge in [0.2, 0.25) is 5.91 Å². The summed E-state index contributed by atoms with van der Waals surface area (Å²) in [5, 5.41) is 7.77. The molecule has 0 saturated carbocycles. The minimum Gasteiger partial charge on any atom is -0.337 e. The minimum atomic E-state index is -0.937. The first kappa shape index (κ1) is 20.0. The number of hydrogen-bond donors (Lipinski definition) is 3. The first-order valence-corrected chi connectivity index (χ1v) is 8.89. The summed E-state index contributed by atoms with van der Waals surface area (Å²) in [7, 11) is 0. The topological polar surface area (TPSA) is 70.2 Å². The summed E-state index contributed by atoms with van der Waals surface area (Å²) < 4.78 is 26.2. The third-order valence-electron chi connectivity index (χ3n) is 4.38. The van der Waals surface area contributed by atoms with Crippen LogP contribution in [0.1, 0.15) is 50.6 Å². The highest BCUT2D eigenvalue weighted by Gasteiger charge is 2.12. The molecule has 1 aromatic carbocycles. The maximum Gasteiger partial charge on any atom is 0.321 e. The number of benzene rings is 1. The molecular weight excluding hydrogens is 340 g/mol. The quantitative estimate of drug-likeness (QED) is 0.649. The molecule has 3 N–H and O–H groups in total. The number of allylic oxidation sites excluding steroid dienone is 1. The van der Waals surface area contributed by atoms with Gasteiger partial charge >= 0.3 is 6.03 Å². The van der Waals surface area contributed by atoms with Crippen molar-refractivity contribution in [3.63, 3.8) is 0 Å². The predicted molar refractivity (Wildman–Crippen MR) is 95.5 cm³/mol. The van der Waals surface area contributed by atoms with Crippen LogP contribution in [0.5, 0.6) is 0 Å². The molecule has 142 valence electrons. The van der Waals surface area contributed by atoms with E-state index in [-0.39, 0.29) is 12.6 Å². The lowest BCUT2D eigenvalue weighted by atomic mass is 9.97. The highest BCUT2D eigenvalue weighted by molar-refractivity contribution is 5.95. The van der Waals surface area contributed by atoms with E-state index < -0.39 is 23.6 Å². The van der Waals surface area contributed by atoms with E-state index in [2.05, 4.69) is 22.0 Å². The predicted octanol–water partition coefficient (Wildman–Crippen LogP) is 3.33. The Hall–Kier alpha value is -2.28. The number of hydrogen-bond acceptors (Lipinski definition) is 3. The van der Waals surface area contributed by atoms with Crippen LogP contribution in [0.15, 0.2) is 29.8 Å². The van der Waals surface area contributed by atoms with E-state index in [1.54, 1.807) is 6.92 Å². The van der Waals surface area contributed by atoms with Crippen LogP contribution >= 0.6 is 0 Å². The molecule has 0 aromatic heterocycles. The average Bonchev–Trinajstić information content (AvgIpc) is 2.63. The lowest BCUT2D eigenvalue weighted by Crippen LogP contribution is -2.44. The Balaban J connectivity index is 1.66. The van der Waals surface area contributed by atoms with Crippen LogP contribution in [0, 0.1) is 11.6 Å². The van der Waals surface area contributed by atoms with Crippen LogP contribution in [0.25, 0.3) is 0 Å². The fraction of sp³-hybridized carbons (Fsp3) is 0.474. The summed E-state index contributed by atoms with van der Waals surface area (Å²) in [6.07, 6.45) is 7.61. The maximum absolute atomic E-state index is 13.2. The molecule has 1 aliphatic rings. The molecule has 7 heteroatoms. The molecule has 26 heavy (non-hydrogen) atoms. The van der Waals surface area contributed by atoms with E-state index in [0.717, 1.165) is 31.4 Å². The second kappa shape index (κ2) is 10.0. The molecule has 1 aliphatic carbocycles. The number of amides is 3. The molecule has 0 radical (unpaired) electrons. The van der Waals surface area contributed by atoms with Gasteiger partial charge in [0.05, 0.1) is 6.54 Å². The van der Waals surface area contributed by atoms with Crippen LogP contribution in [0.2, 0.25) is 0 Å². The van der Waals surface area contributed by atoms with Gasteiger partial charge in [-0.2, -0.15) is 0 Å². The van der Waals surface area contributed by atoms with Gasteiger partial charge in [-0.1, -0.05) is 17.7 Å². The highest BCUT2D eigenvalue weighted by atomic mass is 19.2. The number of carbonyl (C=O) groups is 2. The Bertz CT molecular complexity index is 677. The minimum absolute atomic E-state index is 0.112. The summed E-state index contributed by atoms with van der Waals surface area (Å²) in [5.74, 6) is -2.35. The zero-order valence-corrected chi connectivity index (χ0v) is 14.9. The van der Waals surface area contributed by atoms with E-state index in [4.69, 9.17) is 0 Å². The molecule has 0 fully saturated rings. The first-order valence-electron chi connectivity index (χ1n) is 8.89. The van der Waals surface area contributed by atoms with Crippen molar-refractivity contribution in [3.8, 4) is 0 Å². The van der Waals surface area contributed by atoms with Crippen molar-refractivity contribution in [3.05, 3.63) is 47.0 Å². The monoisotopic (exact) mass is 365 g/mol. The van der Waals surface area contributed by atoms with Crippen LogP contribution in [0.4, 0.5) is 13.6 Å². The number of nitrogens with one attached hydrogen (secondary N) is 3. The van der Waals surface area contributed by atoms with E-state index >= 15 is 0 Å². The van der Waals surface area contributed by atoms with Gasteiger partial charge in [-0.15, -0.1) is 0 Å². The van der Waals surface area contributed by atoms with Crippen molar-refractivity contribution in [1.29, 1.82) is 0 Å². The first-order chi connectivity index (χ1) is 12.5. The standard InChI is InChI=1S/C19H25F2N3O2/c1-13(15-7-8-16(20)17(21)11-15)23-12-18(25)24-19(26)22-10-9-14-5-3-2-4-6-14/h5,7-8,11,13,23H,2-4,6,9-10,12H2,1H3,(H2,22,24,25,26)/t13-/m1/s1. The Kier molecular flexibility index (Phi) is 7.72. The zero-order valence-electron chi connectivity index (χ0n) is 14.9. The molecule has 0 unspecified atom stereocenters. The zero-order chi connectivity index (χ0) is 18.9. The molecule has 1 aromatic rings. The molecule has 5 nitrogen and oxygen atoms in total. The summed E-state index contributed by atoms with van der Waals surface area (Å²) in [5.41, 5.74) is 1.87. The second-order valence-corrected chi connectivity index (χ2v) is 6.44. The summed E-state index contributed by atoms with van der Waals surface area (Å²) >= 11 is 0. The SMILES string of the molecule is C[C@@H](NCC(=O)NC(=O)NCCC1=CCCCC1)c1ccc(F)c(F)c1.